The van der Waals surface area contributed by atoms with Gasteiger partial charge in [-0.2, -0.15) is 0 Å². The molecule has 0 spiro atoms. The summed E-state index contributed by atoms with van der Waals surface area (Å²) in [6, 6.07) is 25.8. The molecule has 7 nitrogen and oxygen atoms in total. The second-order valence-electron chi connectivity index (χ2n) is 9.42. The Morgan fingerprint density at radius 3 is 1.90 bits per heavy atom. The van der Waals surface area contributed by atoms with Gasteiger partial charge in [-0.3, -0.25) is 0 Å². The van der Waals surface area contributed by atoms with Crippen molar-refractivity contribution < 1.29 is 33.2 Å². The third-order valence-corrected chi connectivity index (χ3v) is 7.93. The molecule has 0 aliphatic carbocycles. The molecule has 0 amide bonds. The molecule has 0 bridgehead atoms. The Bertz CT molecular complexity index is 1140. The number of ether oxygens (including phenoxy) is 7. The maximum Gasteiger partial charge on any atom is 0.184 e. The molecule has 2 saturated heterocycles. The molecule has 208 valence electrons. The van der Waals surface area contributed by atoms with E-state index in [0.717, 1.165) is 33.9 Å². The van der Waals surface area contributed by atoms with Gasteiger partial charge in [0.1, 0.15) is 41.4 Å². The molecule has 8 heteroatoms. The number of fused-ring (bicyclic) bond motifs is 1. The van der Waals surface area contributed by atoms with Crippen LogP contribution >= 0.6 is 11.8 Å². The number of thioether (sulfide) groups is 1. The number of methoxy groups -OCH3 is 2. The first-order valence-electron chi connectivity index (χ1n) is 13.3. The number of hydrogen-bond acceptors (Lipinski definition) is 8. The van der Waals surface area contributed by atoms with E-state index in [9.17, 15) is 0 Å². The van der Waals surface area contributed by atoms with Gasteiger partial charge in [-0.05, 0) is 41.1 Å². The van der Waals surface area contributed by atoms with Crippen LogP contribution in [-0.2, 0) is 36.9 Å². The molecule has 6 atom stereocenters. The summed E-state index contributed by atoms with van der Waals surface area (Å²) in [4.78, 5) is 0. The largest absolute Gasteiger partial charge is 0.497 e. The SMILES string of the molecule is CCS[C@H]1O[C@@H]2COC(c3ccccc3)O[C@H]2[C@H](OCc2ccc(OC)cc2)[C@@H]1OCc1ccc(OC)cc1. The minimum absolute atomic E-state index is 0.226. The lowest BCUT2D eigenvalue weighted by Gasteiger charge is -2.49. The Balaban J connectivity index is 1.39. The van der Waals surface area contributed by atoms with E-state index >= 15 is 0 Å². The van der Waals surface area contributed by atoms with Crippen LogP contribution in [0.4, 0.5) is 0 Å². The summed E-state index contributed by atoms with van der Waals surface area (Å²) < 4.78 is 43.0. The molecule has 0 radical (unpaired) electrons. The predicted molar refractivity (Wildman–Crippen MR) is 150 cm³/mol. The minimum atomic E-state index is -0.499. The van der Waals surface area contributed by atoms with E-state index in [2.05, 4.69) is 6.92 Å². The van der Waals surface area contributed by atoms with E-state index in [1.54, 1.807) is 26.0 Å². The van der Waals surface area contributed by atoms with Crippen LogP contribution in [0.1, 0.15) is 29.9 Å². The van der Waals surface area contributed by atoms with E-state index < -0.39 is 6.29 Å². The fourth-order valence-electron chi connectivity index (χ4n) is 4.82. The van der Waals surface area contributed by atoms with Gasteiger partial charge in [0.25, 0.3) is 0 Å². The van der Waals surface area contributed by atoms with Gasteiger partial charge in [0, 0.05) is 5.56 Å². The molecule has 2 aliphatic heterocycles. The molecular formula is C31H36O7S. The number of rotatable bonds is 11. The monoisotopic (exact) mass is 552 g/mol. The summed E-state index contributed by atoms with van der Waals surface area (Å²) in [6.07, 6.45) is -1.86. The van der Waals surface area contributed by atoms with Crippen LogP contribution in [0.3, 0.4) is 0 Å². The summed E-state index contributed by atoms with van der Waals surface area (Å²) in [6.45, 7) is 3.35. The van der Waals surface area contributed by atoms with Gasteiger partial charge in [0.05, 0.1) is 34.0 Å². The Labute approximate surface area is 234 Å². The molecule has 0 saturated carbocycles. The zero-order valence-corrected chi connectivity index (χ0v) is 23.4. The van der Waals surface area contributed by atoms with Crippen LogP contribution < -0.4 is 9.47 Å². The molecule has 39 heavy (non-hydrogen) atoms. The average Bonchev–Trinajstić information content (AvgIpc) is 3.00. The van der Waals surface area contributed by atoms with Crippen LogP contribution in [0.2, 0.25) is 0 Å². The van der Waals surface area contributed by atoms with Crippen molar-refractivity contribution in [1.29, 1.82) is 0 Å². The Hall–Kier alpha value is -2.59. The molecule has 3 aromatic rings. The Morgan fingerprint density at radius 2 is 1.33 bits per heavy atom. The highest BCUT2D eigenvalue weighted by atomic mass is 32.2. The summed E-state index contributed by atoms with van der Waals surface area (Å²) in [7, 11) is 3.32. The average molecular weight is 553 g/mol. The van der Waals surface area contributed by atoms with E-state index in [0.29, 0.717) is 19.8 Å². The minimum Gasteiger partial charge on any atom is -0.497 e. The Kier molecular flexibility index (Phi) is 9.79. The Morgan fingerprint density at radius 1 is 0.744 bits per heavy atom. The molecular weight excluding hydrogens is 516 g/mol. The molecule has 5 rings (SSSR count). The van der Waals surface area contributed by atoms with Gasteiger partial charge >= 0.3 is 0 Å². The fraction of sp³-hybridized carbons (Fsp3) is 0.419. The highest BCUT2D eigenvalue weighted by molar-refractivity contribution is 7.99. The summed E-state index contributed by atoms with van der Waals surface area (Å²) in [5, 5.41) is 0. The lowest BCUT2D eigenvalue weighted by atomic mass is 9.98. The van der Waals surface area contributed by atoms with E-state index in [1.807, 2.05) is 78.9 Å². The zero-order valence-electron chi connectivity index (χ0n) is 22.6. The highest BCUT2D eigenvalue weighted by Gasteiger charge is 2.51. The lowest BCUT2D eigenvalue weighted by Crippen LogP contribution is -2.62. The second-order valence-corrected chi connectivity index (χ2v) is 10.8. The normalized spacial score (nSPS) is 26.5. The van der Waals surface area contributed by atoms with Crippen molar-refractivity contribution >= 4 is 11.8 Å². The van der Waals surface area contributed by atoms with Gasteiger partial charge < -0.3 is 33.2 Å². The van der Waals surface area contributed by atoms with Crippen molar-refractivity contribution in [1.82, 2.24) is 0 Å². The van der Waals surface area contributed by atoms with Crippen LogP contribution in [0.5, 0.6) is 11.5 Å². The molecule has 2 fully saturated rings. The van der Waals surface area contributed by atoms with Gasteiger partial charge in [0.2, 0.25) is 0 Å². The lowest BCUT2D eigenvalue weighted by molar-refractivity contribution is -0.329. The zero-order chi connectivity index (χ0) is 27.0. The molecule has 0 N–H and O–H groups in total. The highest BCUT2D eigenvalue weighted by Crippen LogP contribution is 2.39. The predicted octanol–water partition coefficient (Wildman–Crippen LogP) is 5.77. The topological polar surface area (TPSA) is 64.6 Å². The maximum absolute atomic E-state index is 6.65. The molecule has 2 heterocycles. The van der Waals surface area contributed by atoms with Gasteiger partial charge in [-0.1, -0.05) is 61.5 Å². The van der Waals surface area contributed by atoms with Crippen molar-refractivity contribution in [2.45, 2.75) is 56.3 Å². The third kappa shape index (κ3) is 6.95. The van der Waals surface area contributed by atoms with E-state index in [4.69, 9.17) is 33.2 Å². The van der Waals surface area contributed by atoms with Crippen LogP contribution in [-0.4, -0.2) is 56.4 Å². The fourth-order valence-corrected chi connectivity index (χ4v) is 5.79. The van der Waals surface area contributed by atoms with Crippen molar-refractivity contribution in [2.24, 2.45) is 0 Å². The van der Waals surface area contributed by atoms with Crippen LogP contribution in [0.25, 0.3) is 0 Å². The third-order valence-electron chi connectivity index (χ3n) is 6.89. The first-order valence-corrected chi connectivity index (χ1v) is 14.3. The molecule has 0 aromatic heterocycles. The quantitative estimate of drug-likeness (QED) is 0.297. The number of hydrogen-bond donors (Lipinski definition) is 0. The summed E-state index contributed by atoms with van der Waals surface area (Å²) >= 11 is 1.71. The van der Waals surface area contributed by atoms with Crippen molar-refractivity contribution in [2.75, 3.05) is 26.6 Å². The standard InChI is InChI=1S/C31H36O7S/c1-4-39-31-29(35-19-22-12-16-25(33-3)17-13-22)28(34-18-21-10-14-24(32-2)15-11-21)27-26(37-31)20-36-30(38-27)23-8-6-5-7-9-23/h5-17,26-31H,4,18-20H2,1-3H3/t26-,27-,28+,29+,30?,31-/m1/s1. The van der Waals surface area contributed by atoms with Crippen LogP contribution in [0.15, 0.2) is 78.9 Å². The van der Waals surface area contributed by atoms with Crippen molar-refractivity contribution in [3.05, 3.63) is 95.6 Å². The van der Waals surface area contributed by atoms with Crippen molar-refractivity contribution in [3.63, 3.8) is 0 Å². The van der Waals surface area contributed by atoms with E-state index in [1.165, 1.54) is 0 Å². The molecule has 2 aliphatic rings. The van der Waals surface area contributed by atoms with Crippen molar-refractivity contribution in [3.8, 4) is 11.5 Å². The van der Waals surface area contributed by atoms with Crippen LogP contribution in [0, 0.1) is 0 Å². The van der Waals surface area contributed by atoms with Gasteiger partial charge in [0.15, 0.2) is 6.29 Å². The van der Waals surface area contributed by atoms with E-state index in [-0.39, 0.29) is 29.9 Å². The smallest absolute Gasteiger partial charge is 0.184 e. The first-order chi connectivity index (χ1) is 19.2. The summed E-state index contributed by atoms with van der Waals surface area (Å²) in [5.41, 5.74) is 2.82. The molecule has 1 unspecified atom stereocenters. The summed E-state index contributed by atoms with van der Waals surface area (Å²) in [5.74, 6) is 2.50. The first kappa shape index (κ1) is 28.0. The van der Waals surface area contributed by atoms with Gasteiger partial charge in [-0.15, -0.1) is 11.8 Å². The maximum atomic E-state index is 6.65. The molecule has 3 aromatic carbocycles. The second kappa shape index (κ2) is 13.7. The van der Waals surface area contributed by atoms with Gasteiger partial charge in [-0.25, -0.2) is 0 Å². The number of benzene rings is 3.